The third-order valence-electron chi connectivity index (χ3n) is 6.43. The number of nitrogens with zero attached hydrogens (tertiary/aromatic N) is 3. The summed E-state index contributed by atoms with van der Waals surface area (Å²) in [7, 11) is 3.12. The summed E-state index contributed by atoms with van der Waals surface area (Å²) < 4.78 is 39.1. The Kier molecular flexibility index (Phi) is 5.80. The van der Waals surface area contributed by atoms with Crippen LogP contribution in [0.4, 0.5) is 14.5 Å². The zero-order valence-electron chi connectivity index (χ0n) is 19.2. The molecule has 0 bridgehead atoms. The molecule has 2 aromatic carbocycles. The van der Waals surface area contributed by atoms with Crippen molar-refractivity contribution in [3.8, 4) is 34.0 Å². The van der Waals surface area contributed by atoms with Gasteiger partial charge in [0.05, 0.1) is 19.6 Å². The van der Waals surface area contributed by atoms with E-state index < -0.39 is 17.1 Å². The van der Waals surface area contributed by atoms with Gasteiger partial charge < -0.3 is 14.8 Å². The van der Waals surface area contributed by atoms with E-state index in [2.05, 4.69) is 25.9 Å². The molecule has 180 valence electrons. The van der Waals surface area contributed by atoms with Gasteiger partial charge in [-0.3, -0.25) is 4.79 Å². The number of hydrogen-bond acceptors (Lipinski definition) is 6. The molecule has 0 aliphatic heterocycles. The second-order valence-corrected chi connectivity index (χ2v) is 8.51. The predicted octanol–water partition coefficient (Wildman–Crippen LogP) is 5.14. The van der Waals surface area contributed by atoms with Gasteiger partial charge in [-0.25, -0.2) is 8.78 Å². The topological polar surface area (TPSA) is 102 Å². The van der Waals surface area contributed by atoms with Crippen molar-refractivity contribution in [2.24, 2.45) is 5.41 Å². The molecule has 0 radical (unpaired) electrons. The van der Waals surface area contributed by atoms with Crippen molar-refractivity contribution in [2.45, 2.75) is 25.7 Å². The number of ether oxygens (including phenoxy) is 2. The van der Waals surface area contributed by atoms with Crippen LogP contribution in [0, 0.1) is 5.41 Å². The Hall–Kier alpha value is -4.08. The highest BCUT2D eigenvalue weighted by Gasteiger charge is 2.54. The molecule has 1 amide bonds. The summed E-state index contributed by atoms with van der Waals surface area (Å²) in [5.41, 5.74) is 1.79. The van der Waals surface area contributed by atoms with Gasteiger partial charge in [-0.1, -0.05) is 12.1 Å². The highest BCUT2D eigenvalue weighted by atomic mass is 19.1. The number of hydrogen-bond donors (Lipinski definition) is 2. The number of tetrazole rings is 1. The molecule has 2 N–H and O–H groups in total. The maximum Gasteiger partial charge on any atom is 0.235 e. The van der Waals surface area contributed by atoms with Gasteiger partial charge in [-0.15, -0.1) is 10.2 Å². The average Bonchev–Trinajstić information content (AvgIpc) is 3.50. The molecule has 0 spiro atoms. The highest BCUT2D eigenvalue weighted by Crippen LogP contribution is 2.56. The molecule has 0 saturated heterocycles. The van der Waals surface area contributed by atoms with Crippen LogP contribution in [0.1, 0.15) is 25.7 Å². The molecule has 5 rings (SSSR count). The van der Waals surface area contributed by atoms with Crippen molar-refractivity contribution < 1.29 is 23.0 Å². The van der Waals surface area contributed by atoms with Gasteiger partial charge in [-0.05, 0) is 59.5 Å². The third-order valence-corrected chi connectivity index (χ3v) is 6.43. The largest absolute Gasteiger partial charge is 0.493 e. The lowest BCUT2D eigenvalue weighted by Crippen LogP contribution is -2.27. The van der Waals surface area contributed by atoms with E-state index in [1.54, 1.807) is 32.4 Å². The first-order valence-corrected chi connectivity index (χ1v) is 11.1. The van der Waals surface area contributed by atoms with E-state index in [-0.39, 0.29) is 24.3 Å². The molecule has 0 unspecified atom stereocenters. The lowest BCUT2D eigenvalue weighted by molar-refractivity contribution is -0.119. The molecule has 2 aliphatic rings. The standard InChI is InChI=1S/C25H23F2N5O3/c1-34-21-8-3-14(11-22(21)35-2)17-6-5-16(13-18(17)23-29-31-32-30-23)28-24(33)25(9-10-25)19-12-15(26)4-7-20(19)27/h3,5-6,8,11-13H,4,7,9-10H2,1-2H3,(H,28,33)(H,29,30,31,32). The van der Waals surface area contributed by atoms with Crippen LogP contribution in [0.5, 0.6) is 11.5 Å². The molecule has 1 fully saturated rings. The maximum absolute atomic E-state index is 14.5. The zero-order chi connectivity index (χ0) is 24.6. The fourth-order valence-corrected chi connectivity index (χ4v) is 4.40. The molecule has 1 saturated carbocycles. The first kappa shape index (κ1) is 22.7. The predicted molar refractivity (Wildman–Crippen MR) is 125 cm³/mol. The number of carbonyl (C=O) groups is 1. The van der Waals surface area contributed by atoms with Crippen LogP contribution in [0.3, 0.4) is 0 Å². The maximum atomic E-state index is 14.5. The Balaban J connectivity index is 1.49. The second-order valence-electron chi connectivity index (χ2n) is 8.51. The monoisotopic (exact) mass is 479 g/mol. The number of halogens is 2. The number of allylic oxidation sites excluding steroid dienone is 3. The van der Waals surface area contributed by atoms with Crippen molar-refractivity contribution in [1.82, 2.24) is 20.6 Å². The summed E-state index contributed by atoms with van der Waals surface area (Å²) in [5, 5.41) is 17.2. The van der Waals surface area contributed by atoms with Crippen molar-refractivity contribution in [2.75, 3.05) is 19.5 Å². The minimum absolute atomic E-state index is 0.0192. The van der Waals surface area contributed by atoms with E-state index in [0.717, 1.165) is 11.1 Å². The molecule has 8 nitrogen and oxygen atoms in total. The molecule has 10 heteroatoms. The number of methoxy groups -OCH3 is 2. The van der Waals surface area contributed by atoms with Gasteiger partial charge in [0, 0.05) is 29.7 Å². The number of amides is 1. The Morgan fingerprint density at radius 2 is 1.83 bits per heavy atom. The first-order chi connectivity index (χ1) is 16.9. The van der Waals surface area contributed by atoms with Crippen molar-refractivity contribution >= 4 is 11.6 Å². The van der Waals surface area contributed by atoms with E-state index in [1.807, 2.05) is 18.2 Å². The zero-order valence-corrected chi connectivity index (χ0v) is 19.2. The molecule has 2 aliphatic carbocycles. The van der Waals surface area contributed by atoms with Crippen LogP contribution < -0.4 is 14.8 Å². The molecular formula is C25H23F2N5O3. The summed E-state index contributed by atoms with van der Waals surface area (Å²) in [5.74, 6) is 0.282. The van der Waals surface area contributed by atoms with Gasteiger partial charge in [0.25, 0.3) is 0 Å². The summed E-state index contributed by atoms with van der Waals surface area (Å²) in [4.78, 5) is 13.2. The number of H-pyrrole nitrogens is 1. The number of carbonyl (C=O) groups excluding carboxylic acids is 1. The van der Waals surface area contributed by atoms with Crippen LogP contribution in [-0.2, 0) is 4.79 Å². The van der Waals surface area contributed by atoms with Crippen LogP contribution in [-0.4, -0.2) is 40.8 Å². The molecule has 1 aromatic heterocycles. The van der Waals surface area contributed by atoms with Gasteiger partial charge in [0.15, 0.2) is 11.5 Å². The highest BCUT2D eigenvalue weighted by molar-refractivity contribution is 6.01. The number of rotatable bonds is 7. The van der Waals surface area contributed by atoms with Crippen molar-refractivity contribution in [3.63, 3.8) is 0 Å². The number of aromatic nitrogens is 4. The van der Waals surface area contributed by atoms with Gasteiger partial charge in [-0.2, -0.15) is 5.21 Å². The lowest BCUT2D eigenvalue weighted by Gasteiger charge is -2.21. The number of aromatic amines is 1. The van der Waals surface area contributed by atoms with E-state index in [4.69, 9.17) is 9.47 Å². The van der Waals surface area contributed by atoms with Crippen molar-refractivity contribution in [1.29, 1.82) is 0 Å². The van der Waals surface area contributed by atoms with Crippen LogP contribution in [0.25, 0.3) is 22.5 Å². The quantitative estimate of drug-likeness (QED) is 0.487. The first-order valence-electron chi connectivity index (χ1n) is 11.1. The fourth-order valence-electron chi connectivity index (χ4n) is 4.40. The third kappa shape index (κ3) is 4.16. The molecule has 3 aromatic rings. The minimum atomic E-state index is -1.05. The van der Waals surface area contributed by atoms with Gasteiger partial charge in [0.1, 0.15) is 11.7 Å². The van der Waals surface area contributed by atoms with E-state index in [9.17, 15) is 13.6 Å². The summed E-state index contributed by atoms with van der Waals surface area (Å²) >= 11 is 0. The minimum Gasteiger partial charge on any atom is -0.493 e. The van der Waals surface area contributed by atoms with Gasteiger partial charge >= 0.3 is 0 Å². The average molecular weight is 479 g/mol. The Bertz CT molecular complexity index is 1350. The molecule has 0 atom stereocenters. The molecule has 1 heterocycles. The number of nitrogens with one attached hydrogen (secondary N) is 2. The van der Waals surface area contributed by atoms with Crippen molar-refractivity contribution in [3.05, 3.63) is 59.7 Å². The van der Waals surface area contributed by atoms with E-state index >= 15 is 0 Å². The molecular weight excluding hydrogens is 456 g/mol. The number of benzene rings is 2. The Labute approximate surface area is 200 Å². The fraction of sp³-hybridized carbons (Fsp3) is 0.280. The summed E-state index contributed by atoms with van der Waals surface area (Å²) in [6.07, 6.45) is 2.11. The number of anilines is 1. The summed E-state index contributed by atoms with van der Waals surface area (Å²) in [6.45, 7) is 0. The van der Waals surface area contributed by atoms with Gasteiger partial charge in [0.2, 0.25) is 11.7 Å². The van der Waals surface area contributed by atoms with Crippen LogP contribution >= 0.6 is 0 Å². The van der Waals surface area contributed by atoms with Crippen LogP contribution in [0.2, 0.25) is 0 Å². The Morgan fingerprint density at radius 3 is 2.51 bits per heavy atom. The second kappa shape index (κ2) is 8.94. The van der Waals surface area contributed by atoms with Crippen LogP contribution in [0.15, 0.2) is 59.7 Å². The summed E-state index contributed by atoms with van der Waals surface area (Å²) in [6, 6.07) is 10.8. The smallest absolute Gasteiger partial charge is 0.235 e. The SMILES string of the molecule is COc1ccc(-c2ccc(NC(=O)C3(C4=C(F)CCC(F)=C4)CC3)cc2-c2nn[nH]n2)cc1OC. The normalized spacial score (nSPS) is 16.5. The van der Waals surface area contributed by atoms with E-state index in [0.29, 0.717) is 41.4 Å². The lowest BCUT2D eigenvalue weighted by atomic mass is 9.89. The molecule has 35 heavy (non-hydrogen) atoms. The Morgan fingerprint density at radius 1 is 1.03 bits per heavy atom. The van der Waals surface area contributed by atoms with E-state index in [1.165, 1.54) is 6.08 Å².